The zero-order valence-corrected chi connectivity index (χ0v) is 21.1. The zero-order chi connectivity index (χ0) is 27.5. The number of hydrogen-bond donors (Lipinski definition) is 1. The molecule has 0 aliphatic carbocycles. The molecule has 1 heterocycles. The van der Waals surface area contributed by atoms with Gasteiger partial charge in [-0.15, -0.1) is 13.2 Å². The van der Waals surface area contributed by atoms with Crippen molar-refractivity contribution in [2.75, 3.05) is 6.26 Å². The monoisotopic (exact) mass is 559 g/mol. The Labute approximate surface area is 214 Å². The van der Waals surface area contributed by atoms with Crippen LogP contribution in [0.1, 0.15) is 27.2 Å². The van der Waals surface area contributed by atoms with E-state index in [4.69, 9.17) is 16.3 Å². The van der Waals surface area contributed by atoms with Crippen molar-refractivity contribution in [2.45, 2.75) is 37.8 Å². The van der Waals surface area contributed by atoms with Gasteiger partial charge in [-0.25, -0.2) is 13.2 Å². The number of alkyl halides is 3. The first-order valence-corrected chi connectivity index (χ1v) is 12.9. The molecule has 0 fully saturated rings. The maximum atomic E-state index is 12.9. The smallest absolute Gasteiger partial charge is 0.487 e. The molecule has 1 aromatic heterocycles. The maximum Gasteiger partial charge on any atom is 0.573 e. The lowest BCUT2D eigenvalue weighted by Gasteiger charge is -2.18. The number of carboxylic acid groups (broad SMARTS) is 1. The Balaban J connectivity index is 1.97. The van der Waals surface area contributed by atoms with Crippen molar-refractivity contribution in [1.82, 2.24) is 4.57 Å². The van der Waals surface area contributed by atoms with Gasteiger partial charge in [0.25, 0.3) is 5.56 Å². The van der Waals surface area contributed by atoms with Crippen LogP contribution in [-0.4, -0.2) is 36.7 Å². The second-order valence-corrected chi connectivity index (χ2v) is 10.4. The van der Waals surface area contributed by atoms with Crippen molar-refractivity contribution in [2.24, 2.45) is 0 Å². The zero-order valence-electron chi connectivity index (χ0n) is 19.5. The van der Waals surface area contributed by atoms with Crippen LogP contribution in [-0.2, 0) is 29.4 Å². The van der Waals surface area contributed by atoms with Crippen LogP contribution in [0.3, 0.4) is 0 Å². The summed E-state index contributed by atoms with van der Waals surface area (Å²) in [5, 5.41) is 8.86. The normalized spacial score (nSPS) is 11.8. The highest BCUT2D eigenvalue weighted by Gasteiger charge is 2.31. The van der Waals surface area contributed by atoms with Crippen LogP contribution < -0.4 is 15.0 Å². The van der Waals surface area contributed by atoms with E-state index in [2.05, 4.69) is 4.74 Å². The van der Waals surface area contributed by atoms with Crippen molar-refractivity contribution in [3.05, 3.63) is 86.3 Å². The van der Waals surface area contributed by atoms with Gasteiger partial charge in [0.1, 0.15) is 23.1 Å². The fraction of sp³-hybridized carbons (Fsp3) is 0.250. The predicted octanol–water partition coefficient (Wildman–Crippen LogP) is 4.63. The molecular weight excluding hydrogens is 539 g/mol. The molecule has 0 aliphatic heterocycles. The first kappa shape index (κ1) is 28.1. The molecule has 198 valence electrons. The lowest BCUT2D eigenvalue weighted by molar-refractivity contribution is -0.274. The summed E-state index contributed by atoms with van der Waals surface area (Å²) in [5.41, 5.74) is 0.552. The standard InChI is InChI=1S/C24H21ClF3NO7S/c1-14-10-15(6-7-18(14)23(31)32)8-9-29-20(21(37(2,33)34)12-19(25)22(29)30)13-35-16-4-3-5-17(11-16)36-24(26,27)28/h3-7,10-12H,8-9,13H2,1-2H3,(H,31,32). The minimum Gasteiger partial charge on any atom is -0.487 e. The van der Waals surface area contributed by atoms with Crippen LogP contribution in [0.15, 0.2) is 58.2 Å². The second-order valence-electron chi connectivity index (χ2n) is 8.05. The number of carbonyl (C=O) groups is 1. The van der Waals surface area contributed by atoms with E-state index in [9.17, 15) is 36.3 Å². The largest absolute Gasteiger partial charge is 0.573 e. The Morgan fingerprint density at radius 2 is 1.78 bits per heavy atom. The quantitative estimate of drug-likeness (QED) is 0.407. The SMILES string of the molecule is Cc1cc(CCn2c(COc3cccc(OC(F)(F)F)c3)c(S(C)(=O)=O)cc(Cl)c2=O)ccc1C(=O)O. The van der Waals surface area contributed by atoms with Crippen molar-refractivity contribution in [3.63, 3.8) is 0 Å². The van der Waals surface area contributed by atoms with Gasteiger partial charge in [0, 0.05) is 18.9 Å². The van der Waals surface area contributed by atoms with Gasteiger partial charge in [0.2, 0.25) is 0 Å². The topological polar surface area (TPSA) is 112 Å². The van der Waals surface area contributed by atoms with E-state index < -0.39 is 40.1 Å². The molecule has 13 heteroatoms. The molecule has 8 nitrogen and oxygen atoms in total. The number of rotatable bonds is 9. The minimum atomic E-state index is -4.92. The molecule has 0 amide bonds. The van der Waals surface area contributed by atoms with Gasteiger partial charge in [-0.1, -0.05) is 29.8 Å². The summed E-state index contributed by atoms with van der Waals surface area (Å²) in [6.45, 7) is 1.10. The second kappa shape index (κ2) is 10.9. The van der Waals surface area contributed by atoms with E-state index >= 15 is 0 Å². The molecule has 2 aromatic carbocycles. The first-order valence-electron chi connectivity index (χ1n) is 10.6. The van der Waals surface area contributed by atoms with E-state index in [-0.39, 0.29) is 39.9 Å². The molecule has 0 aliphatic rings. The number of carboxylic acids is 1. The third kappa shape index (κ3) is 7.26. The summed E-state index contributed by atoms with van der Waals surface area (Å²) in [5.74, 6) is -1.69. The summed E-state index contributed by atoms with van der Waals surface area (Å²) in [7, 11) is -3.90. The number of sulfone groups is 1. The highest BCUT2D eigenvalue weighted by atomic mass is 35.5. The summed E-state index contributed by atoms with van der Waals surface area (Å²) < 4.78 is 73.1. The third-order valence-electron chi connectivity index (χ3n) is 5.28. The van der Waals surface area contributed by atoms with Crippen molar-refractivity contribution in [1.29, 1.82) is 0 Å². The number of aromatic nitrogens is 1. The molecule has 0 bridgehead atoms. The summed E-state index contributed by atoms with van der Waals surface area (Å²) in [4.78, 5) is 23.9. The van der Waals surface area contributed by atoms with Crippen LogP contribution in [0.5, 0.6) is 11.5 Å². The molecule has 0 unspecified atom stereocenters. The number of aromatic carboxylic acids is 1. The minimum absolute atomic E-state index is 0.0380. The van der Waals surface area contributed by atoms with Gasteiger partial charge in [-0.2, -0.15) is 0 Å². The molecule has 0 saturated carbocycles. The van der Waals surface area contributed by atoms with Crippen LogP contribution in [0.4, 0.5) is 13.2 Å². The van der Waals surface area contributed by atoms with Crippen molar-refractivity contribution >= 4 is 27.4 Å². The van der Waals surface area contributed by atoms with Gasteiger partial charge >= 0.3 is 12.3 Å². The Bertz CT molecular complexity index is 1500. The fourth-order valence-electron chi connectivity index (χ4n) is 3.63. The van der Waals surface area contributed by atoms with Gasteiger partial charge < -0.3 is 19.1 Å². The molecule has 0 atom stereocenters. The van der Waals surface area contributed by atoms with Crippen LogP contribution >= 0.6 is 11.6 Å². The lowest BCUT2D eigenvalue weighted by atomic mass is 10.0. The van der Waals surface area contributed by atoms with Gasteiger partial charge in [-0.3, -0.25) is 4.79 Å². The summed E-state index contributed by atoms with van der Waals surface area (Å²) >= 11 is 6.03. The Morgan fingerprint density at radius 3 is 2.38 bits per heavy atom. The molecule has 0 spiro atoms. The van der Waals surface area contributed by atoms with Gasteiger partial charge in [-0.05, 0) is 48.7 Å². The lowest BCUT2D eigenvalue weighted by Crippen LogP contribution is -2.28. The number of nitrogens with zero attached hydrogens (tertiary/aromatic N) is 1. The Kier molecular flexibility index (Phi) is 8.23. The highest BCUT2D eigenvalue weighted by Crippen LogP contribution is 2.27. The summed E-state index contributed by atoms with van der Waals surface area (Å²) in [6, 6.07) is 10.3. The molecule has 0 saturated heterocycles. The maximum absolute atomic E-state index is 12.9. The van der Waals surface area contributed by atoms with Gasteiger partial charge in [0.05, 0.1) is 16.2 Å². The molecule has 1 N–H and O–H groups in total. The van der Waals surface area contributed by atoms with Crippen molar-refractivity contribution < 1.29 is 41.0 Å². The van der Waals surface area contributed by atoms with E-state index in [1.165, 1.54) is 18.2 Å². The number of benzene rings is 2. The van der Waals surface area contributed by atoms with Gasteiger partial charge in [0.15, 0.2) is 9.84 Å². The summed E-state index contributed by atoms with van der Waals surface area (Å²) in [6.07, 6.45) is -3.78. The number of aryl methyl sites for hydroxylation is 2. The van der Waals surface area contributed by atoms with Crippen LogP contribution in [0.2, 0.25) is 5.02 Å². The molecule has 37 heavy (non-hydrogen) atoms. The predicted molar refractivity (Wildman–Crippen MR) is 128 cm³/mol. The number of hydrogen-bond acceptors (Lipinski definition) is 6. The van der Waals surface area contributed by atoms with E-state index in [1.807, 2.05) is 0 Å². The molecule has 3 rings (SSSR count). The third-order valence-corrected chi connectivity index (χ3v) is 6.70. The number of ether oxygens (including phenoxy) is 2. The van der Waals surface area contributed by atoms with E-state index in [0.717, 1.165) is 29.0 Å². The highest BCUT2D eigenvalue weighted by molar-refractivity contribution is 7.90. The van der Waals surface area contributed by atoms with Crippen LogP contribution in [0.25, 0.3) is 0 Å². The Hall–Kier alpha value is -3.51. The van der Waals surface area contributed by atoms with E-state index in [0.29, 0.717) is 11.1 Å². The average molecular weight is 560 g/mol. The first-order chi connectivity index (χ1) is 17.2. The van der Waals surface area contributed by atoms with Crippen LogP contribution in [0, 0.1) is 6.92 Å². The van der Waals surface area contributed by atoms with Crippen molar-refractivity contribution in [3.8, 4) is 11.5 Å². The van der Waals surface area contributed by atoms with E-state index in [1.54, 1.807) is 19.1 Å². The molecular formula is C24H21ClF3NO7S. The number of halogens is 4. The molecule has 3 aromatic rings. The molecule has 0 radical (unpaired) electrons. The average Bonchev–Trinajstić information content (AvgIpc) is 2.77. The Morgan fingerprint density at radius 1 is 1.11 bits per heavy atom. The fourth-order valence-corrected chi connectivity index (χ4v) is 4.83. The number of pyridine rings is 1.